The summed E-state index contributed by atoms with van der Waals surface area (Å²) in [4.78, 5) is -0.886. The van der Waals surface area contributed by atoms with Crippen molar-refractivity contribution < 1.29 is 21.9 Å². The van der Waals surface area contributed by atoms with Crippen LogP contribution in [0.4, 0.5) is 14.5 Å². The van der Waals surface area contributed by atoms with E-state index in [1.165, 1.54) is 0 Å². The fourth-order valence-corrected chi connectivity index (χ4v) is 3.81. The quantitative estimate of drug-likeness (QED) is 0.832. The zero-order valence-corrected chi connectivity index (χ0v) is 10.3. The van der Waals surface area contributed by atoms with Gasteiger partial charge in [0.25, 0.3) is 0 Å². The third kappa shape index (κ3) is 2.32. The lowest BCUT2D eigenvalue weighted by Gasteiger charge is -2.22. The van der Waals surface area contributed by atoms with Gasteiger partial charge in [0.15, 0.2) is 9.84 Å². The van der Waals surface area contributed by atoms with Crippen molar-refractivity contribution in [1.29, 1.82) is 0 Å². The summed E-state index contributed by atoms with van der Waals surface area (Å²) < 4.78 is 56.6. The summed E-state index contributed by atoms with van der Waals surface area (Å²) in [5, 5.41) is -0.807. The Morgan fingerprint density at radius 1 is 1.17 bits per heavy atom. The van der Waals surface area contributed by atoms with E-state index in [4.69, 9.17) is 10.5 Å². The number of benzene rings is 1. The van der Waals surface area contributed by atoms with E-state index in [0.717, 1.165) is 12.1 Å². The van der Waals surface area contributed by atoms with Gasteiger partial charge in [0.1, 0.15) is 16.5 Å². The van der Waals surface area contributed by atoms with Crippen LogP contribution in [0.25, 0.3) is 0 Å². The van der Waals surface area contributed by atoms with E-state index in [1.807, 2.05) is 0 Å². The van der Waals surface area contributed by atoms with Crippen LogP contribution in [0.2, 0.25) is 0 Å². The SMILES string of the molecule is Nc1cc(F)c(S(=O)(=O)C2CCOCC2)c(F)c1. The molecule has 0 aliphatic carbocycles. The summed E-state index contributed by atoms with van der Waals surface area (Å²) in [6.45, 7) is 0.560. The summed E-state index contributed by atoms with van der Waals surface area (Å²) in [5.74, 6) is -2.28. The molecule has 7 heteroatoms. The molecule has 0 unspecified atom stereocenters. The Bertz CT molecular complexity index is 530. The lowest BCUT2D eigenvalue weighted by molar-refractivity contribution is 0.0983. The van der Waals surface area contributed by atoms with Crippen molar-refractivity contribution in [3.05, 3.63) is 23.8 Å². The number of nitrogen functional groups attached to an aromatic ring is 1. The molecule has 1 aliphatic rings. The molecule has 0 radical (unpaired) electrons. The molecule has 4 nitrogen and oxygen atoms in total. The predicted octanol–water partition coefficient (Wildman–Crippen LogP) is 1.50. The molecule has 100 valence electrons. The molecule has 1 saturated heterocycles. The molecule has 0 aromatic heterocycles. The van der Waals surface area contributed by atoms with Gasteiger partial charge >= 0.3 is 0 Å². The molecular formula is C11H13F2NO3S. The highest BCUT2D eigenvalue weighted by Crippen LogP contribution is 2.29. The molecule has 1 aromatic rings. The van der Waals surface area contributed by atoms with Crippen LogP contribution < -0.4 is 5.73 Å². The zero-order chi connectivity index (χ0) is 13.3. The Balaban J connectivity index is 2.47. The summed E-state index contributed by atoms with van der Waals surface area (Å²) in [5.41, 5.74) is 5.11. The van der Waals surface area contributed by atoms with Crippen LogP contribution in [0.5, 0.6) is 0 Å². The Morgan fingerprint density at radius 2 is 1.67 bits per heavy atom. The summed E-state index contributed by atoms with van der Waals surface area (Å²) in [7, 11) is -4.03. The van der Waals surface area contributed by atoms with Gasteiger partial charge < -0.3 is 10.5 Å². The predicted molar refractivity (Wildman–Crippen MR) is 61.8 cm³/mol. The number of hydrogen-bond acceptors (Lipinski definition) is 4. The molecule has 1 aromatic carbocycles. The molecule has 0 saturated carbocycles. The first-order valence-electron chi connectivity index (χ1n) is 5.49. The molecular weight excluding hydrogens is 264 g/mol. The standard InChI is InChI=1S/C11H13F2NO3S/c12-9-5-7(14)6-10(13)11(9)18(15,16)8-1-3-17-4-2-8/h5-6,8H,1-4,14H2. The largest absolute Gasteiger partial charge is 0.399 e. The van der Waals surface area contributed by atoms with Crippen LogP contribution in [0.3, 0.4) is 0 Å². The monoisotopic (exact) mass is 277 g/mol. The van der Waals surface area contributed by atoms with Crippen LogP contribution in [-0.4, -0.2) is 26.9 Å². The van der Waals surface area contributed by atoms with Gasteiger partial charge in [0.05, 0.1) is 5.25 Å². The maximum absolute atomic E-state index is 13.6. The van der Waals surface area contributed by atoms with Gasteiger partial charge in [-0.2, -0.15) is 0 Å². The van der Waals surface area contributed by atoms with Gasteiger partial charge in [0, 0.05) is 18.9 Å². The first-order chi connectivity index (χ1) is 8.43. The van der Waals surface area contributed by atoms with E-state index >= 15 is 0 Å². The fourth-order valence-electron chi connectivity index (χ4n) is 2.00. The smallest absolute Gasteiger partial charge is 0.187 e. The van der Waals surface area contributed by atoms with Gasteiger partial charge in [-0.25, -0.2) is 17.2 Å². The molecule has 18 heavy (non-hydrogen) atoms. The normalized spacial score (nSPS) is 17.9. The first-order valence-corrected chi connectivity index (χ1v) is 7.03. The van der Waals surface area contributed by atoms with Crippen LogP contribution >= 0.6 is 0 Å². The Morgan fingerprint density at radius 3 is 2.17 bits per heavy atom. The maximum Gasteiger partial charge on any atom is 0.187 e. The molecule has 1 aliphatic heterocycles. The van der Waals surface area contributed by atoms with Crippen molar-refractivity contribution in [2.45, 2.75) is 23.0 Å². The molecule has 1 heterocycles. The minimum Gasteiger partial charge on any atom is -0.399 e. The summed E-state index contributed by atoms with van der Waals surface area (Å²) in [6, 6.07) is 1.63. The zero-order valence-electron chi connectivity index (χ0n) is 9.53. The van der Waals surface area contributed by atoms with E-state index in [2.05, 4.69) is 0 Å². The number of nitrogens with two attached hydrogens (primary N) is 1. The number of hydrogen-bond donors (Lipinski definition) is 1. The summed E-state index contributed by atoms with van der Waals surface area (Å²) >= 11 is 0. The van der Waals surface area contributed by atoms with Crippen molar-refractivity contribution in [2.75, 3.05) is 18.9 Å². The van der Waals surface area contributed by atoms with E-state index in [1.54, 1.807) is 0 Å². The molecule has 1 fully saturated rings. The van der Waals surface area contributed by atoms with Gasteiger partial charge in [-0.1, -0.05) is 0 Å². The second kappa shape index (κ2) is 4.81. The fraction of sp³-hybridized carbons (Fsp3) is 0.455. The third-order valence-electron chi connectivity index (χ3n) is 2.91. The average molecular weight is 277 g/mol. The second-order valence-electron chi connectivity index (χ2n) is 4.17. The van der Waals surface area contributed by atoms with Crippen LogP contribution in [0.1, 0.15) is 12.8 Å². The minimum absolute atomic E-state index is 0.143. The van der Waals surface area contributed by atoms with Crippen molar-refractivity contribution >= 4 is 15.5 Å². The van der Waals surface area contributed by atoms with E-state index < -0.39 is 31.6 Å². The molecule has 0 amide bonds. The first kappa shape index (κ1) is 13.2. The van der Waals surface area contributed by atoms with Crippen molar-refractivity contribution in [3.8, 4) is 0 Å². The number of ether oxygens (including phenoxy) is 1. The van der Waals surface area contributed by atoms with E-state index in [0.29, 0.717) is 0 Å². The van der Waals surface area contributed by atoms with Crippen LogP contribution in [0, 0.1) is 11.6 Å². The van der Waals surface area contributed by atoms with Gasteiger partial charge in [-0.15, -0.1) is 0 Å². The van der Waals surface area contributed by atoms with Crippen LogP contribution in [-0.2, 0) is 14.6 Å². The highest BCUT2D eigenvalue weighted by Gasteiger charge is 2.34. The number of anilines is 1. The van der Waals surface area contributed by atoms with Gasteiger partial charge in [0.2, 0.25) is 0 Å². The van der Waals surface area contributed by atoms with E-state index in [-0.39, 0.29) is 31.7 Å². The van der Waals surface area contributed by atoms with Crippen LogP contribution in [0.15, 0.2) is 17.0 Å². The molecule has 0 bridgehead atoms. The second-order valence-corrected chi connectivity index (χ2v) is 6.34. The lowest BCUT2D eigenvalue weighted by Crippen LogP contribution is -2.30. The third-order valence-corrected chi connectivity index (χ3v) is 5.22. The summed E-state index contributed by atoms with van der Waals surface area (Å²) in [6.07, 6.45) is 0.483. The topological polar surface area (TPSA) is 69.4 Å². The maximum atomic E-state index is 13.6. The highest BCUT2D eigenvalue weighted by molar-refractivity contribution is 7.92. The van der Waals surface area contributed by atoms with Gasteiger partial charge in [-0.05, 0) is 25.0 Å². The Hall–Kier alpha value is -1.21. The number of halogens is 2. The molecule has 2 N–H and O–H groups in total. The molecule has 2 rings (SSSR count). The highest BCUT2D eigenvalue weighted by atomic mass is 32.2. The van der Waals surface area contributed by atoms with E-state index in [9.17, 15) is 17.2 Å². The molecule has 0 spiro atoms. The Labute approximate surface area is 104 Å². The van der Waals surface area contributed by atoms with Crippen molar-refractivity contribution in [1.82, 2.24) is 0 Å². The number of rotatable bonds is 2. The average Bonchev–Trinajstić information content (AvgIpc) is 2.28. The van der Waals surface area contributed by atoms with Crippen molar-refractivity contribution in [2.24, 2.45) is 0 Å². The minimum atomic E-state index is -4.03. The lowest BCUT2D eigenvalue weighted by atomic mass is 10.2. The number of sulfone groups is 1. The van der Waals surface area contributed by atoms with Crippen molar-refractivity contribution in [3.63, 3.8) is 0 Å². The Kier molecular flexibility index (Phi) is 3.54. The van der Waals surface area contributed by atoms with Gasteiger partial charge in [-0.3, -0.25) is 0 Å². The molecule has 0 atom stereocenters.